The van der Waals surface area contributed by atoms with Crippen LogP contribution in [0.4, 0.5) is 10.5 Å². The van der Waals surface area contributed by atoms with E-state index in [0.29, 0.717) is 18.2 Å². The second-order valence-electron chi connectivity index (χ2n) is 5.47. The number of anilines is 1. The molecule has 1 saturated heterocycles. The van der Waals surface area contributed by atoms with Crippen molar-refractivity contribution in [1.29, 1.82) is 0 Å². The molecule has 2 rings (SSSR count). The van der Waals surface area contributed by atoms with Crippen molar-refractivity contribution in [2.75, 3.05) is 24.7 Å². The smallest absolute Gasteiger partial charge is 0.322 e. The number of carbonyl (C=O) groups is 1. The van der Waals surface area contributed by atoms with Gasteiger partial charge in [-0.1, -0.05) is 6.92 Å². The Balaban J connectivity index is 2.04. The zero-order valence-corrected chi connectivity index (χ0v) is 13.2. The van der Waals surface area contributed by atoms with E-state index in [-0.39, 0.29) is 18.7 Å². The highest BCUT2D eigenvalue weighted by molar-refractivity contribution is 7.84. The first-order valence-electron chi connectivity index (χ1n) is 7.15. The zero-order valence-electron chi connectivity index (χ0n) is 12.4. The fraction of sp³-hybridized carbons (Fsp3) is 0.533. The molecule has 0 aromatic heterocycles. The van der Waals surface area contributed by atoms with E-state index >= 15 is 0 Å². The predicted octanol–water partition coefficient (Wildman–Crippen LogP) is 2.05. The highest BCUT2D eigenvalue weighted by Crippen LogP contribution is 2.24. The number of piperidine rings is 1. The van der Waals surface area contributed by atoms with Crippen molar-refractivity contribution in [3.63, 3.8) is 0 Å². The Bertz CT molecular complexity index is 518. The van der Waals surface area contributed by atoms with Crippen LogP contribution in [-0.2, 0) is 10.8 Å². The average Bonchev–Trinajstić information content (AvgIpc) is 2.47. The van der Waals surface area contributed by atoms with Crippen LogP contribution in [0.15, 0.2) is 29.2 Å². The van der Waals surface area contributed by atoms with Crippen LogP contribution in [0.25, 0.3) is 0 Å². The number of hydrogen-bond donors (Lipinski definition) is 2. The van der Waals surface area contributed by atoms with Gasteiger partial charge in [-0.25, -0.2) is 4.79 Å². The third-order valence-electron chi connectivity index (χ3n) is 4.00. The Morgan fingerprint density at radius 2 is 2.10 bits per heavy atom. The van der Waals surface area contributed by atoms with Crippen LogP contribution in [0.3, 0.4) is 0 Å². The topological polar surface area (TPSA) is 69.6 Å². The van der Waals surface area contributed by atoms with E-state index in [0.717, 1.165) is 17.7 Å². The van der Waals surface area contributed by atoms with Gasteiger partial charge in [0.25, 0.3) is 0 Å². The molecule has 6 heteroatoms. The fourth-order valence-corrected chi connectivity index (χ4v) is 3.22. The summed E-state index contributed by atoms with van der Waals surface area (Å²) in [6, 6.07) is 6.67. The van der Waals surface area contributed by atoms with Crippen molar-refractivity contribution in [1.82, 2.24) is 4.90 Å². The molecule has 0 saturated carbocycles. The number of nitrogens with one attached hydrogen (secondary N) is 1. The van der Waals surface area contributed by atoms with Gasteiger partial charge in [0, 0.05) is 34.2 Å². The van der Waals surface area contributed by atoms with E-state index in [9.17, 15) is 14.1 Å². The lowest BCUT2D eigenvalue weighted by molar-refractivity contribution is 0.0811. The lowest BCUT2D eigenvalue weighted by Crippen LogP contribution is -2.51. The van der Waals surface area contributed by atoms with Crippen molar-refractivity contribution >= 4 is 22.5 Å². The molecular formula is C15H22N2O3S. The van der Waals surface area contributed by atoms with Gasteiger partial charge in [0.15, 0.2) is 0 Å². The molecule has 0 radical (unpaired) electrons. The number of nitrogens with zero attached hydrogens (tertiary/aromatic N) is 1. The number of hydrogen-bond acceptors (Lipinski definition) is 3. The molecule has 1 aliphatic heterocycles. The second-order valence-corrected chi connectivity index (χ2v) is 6.85. The van der Waals surface area contributed by atoms with Crippen molar-refractivity contribution in [2.45, 2.75) is 30.7 Å². The standard InChI is InChI=1S/C15H22N2O3S/c1-11-4-3-9-17(14(11)10-18)15(19)16-12-5-7-13(8-6-12)21(2)20/h5-8,11,14,18H,3-4,9-10H2,1-2H3,(H,16,19). The van der Waals surface area contributed by atoms with Gasteiger partial charge in [-0.3, -0.25) is 4.21 Å². The molecule has 1 aliphatic rings. The van der Waals surface area contributed by atoms with E-state index in [1.807, 2.05) is 0 Å². The van der Waals surface area contributed by atoms with Crippen LogP contribution in [0.1, 0.15) is 19.8 Å². The molecule has 2 amide bonds. The molecule has 3 unspecified atom stereocenters. The van der Waals surface area contributed by atoms with Gasteiger partial charge < -0.3 is 15.3 Å². The second kappa shape index (κ2) is 7.04. The monoisotopic (exact) mass is 310 g/mol. The maximum absolute atomic E-state index is 12.3. The first kappa shape index (κ1) is 16.0. The molecule has 5 nitrogen and oxygen atoms in total. The van der Waals surface area contributed by atoms with Gasteiger partial charge in [-0.15, -0.1) is 0 Å². The molecule has 2 N–H and O–H groups in total. The van der Waals surface area contributed by atoms with Crippen LogP contribution in [-0.4, -0.2) is 45.7 Å². The lowest BCUT2D eigenvalue weighted by Gasteiger charge is -2.38. The summed E-state index contributed by atoms with van der Waals surface area (Å²) in [4.78, 5) is 14.8. The summed E-state index contributed by atoms with van der Waals surface area (Å²) in [5, 5.41) is 12.3. The van der Waals surface area contributed by atoms with E-state index in [1.54, 1.807) is 35.4 Å². The number of rotatable bonds is 3. The summed E-state index contributed by atoms with van der Waals surface area (Å²) < 4.78 is 11.3. The molecular weight excluding hydrogens is 288 g/mol. The Labute approximate surface area is 127 Å². The van der Waals surface area contributed by atoms with Gasteiger partial charge in [-0.2, -0.15) is 0 Å². The minimum atomic E-state index is -1.02. The first-order chi connectivity index (χ1) is 10.0. The van der Waals surface area contributed by atoms with Gasteiger partial charge in [0.2, 0.25) is 0 Å². The molecule has 3 atom stereocenters. The van der Waals surface area contributed by atoms with Crippen molar-refractivity contribution in [3.8, 4) is 0 Å². The van der Waals surface area contributed by atoms with Gasteiger partial charge in [0.1, 0.15) is 0 Å². The van der Waals surface area contributed by atoms with E-state index < -0.39 is 10.8 Å². The number of amides is 2. The highest BCUT2D eigenvalue weighted by Gasteiger charge is 2.31. The summed E-state index contributed by atoms with van der Waals surface area (Å²) in [5.74, 6) is 0.305. The Morgan fingerprint density at radius 3 is 2.67 bits per heavy atom. The molecule has 0 bridgehead atoms. The Morgan fingerprint density at radius 1 is 1.43 bits per heavy atom. The third kappa shape index (κ3) is 3.83. The summed E-state index contributed by atoms with van der Waals surface area (Å²) >= 11 is 0. The van der Waals surface area contributed by atoms with Crippen LogP contribution >= 0.6 is 0 Å². The molecule has 21 heavy (non-hydrogen) atoms. The number of likely N-dealkylation sites (tertiary alicyclic amines) is 1. The molecule has 1 aromatic rings. The maximum Gasteiger partial charge on any atom is 0.322 e. The van der Waals surface area contributed by atoms with Crippen LogP contribution in [0, 0.1) is 5.92 Å². The number of aliphatic hydroxyl groups is 1. The van der Waals surface area contributed by atoms with E-state index in [1.165, 1.54) is 0 Å². The molecule has 0 spiro atoms. The normalized spacial score (nSPS) is 23.7. The van der Waals surface area contributed by atoms with E-state index in [4.69, 9.17) is 0 Å². The molecule has 0 aliphatic carbocycles. The SMILES string of the molecule is CC1CCCN(C(=O)Nc2ccc(S(C)=O)cc2)C1CO. The van der Waals surface area contributed by atoms with Crippen LogP contribution in [0.5, 0.6) is 0 Å². The number of urea groups is 1. The summed E-state index contributed by atoms with van der Waals surface area (Å²) in [7, 11) is -1.02. The summed E-state index contributed by atoms with van der Waals surface area (Å²) in [6.07, 6.45) is 3.61. The Kier molecular flexibility index (Phi) is 5.36. The van der Waals surface area contributed by atoms with Crippen molar-refractivity contribution < 1.29 is 14.1 Å². The lowest BCUT2D eigenvalue weighted by atomic mass is 9.91. The van der Waals surface area contributed by atoms with E-state index in [2.05, 4.69) is 12.2 Å². The molecule has 1 fully saturated rings. The van der Waals surface area contributed by atoms with Crippen molar-refractivity contribution in [2.24, 2.45) is 5.92 Å². The minimum absolute atomic E-state index is 0.0116. The maximum atomic E-state index is 12.3. The Hall–Kier alpha value is -1.40. The molecule has 1 aromatic carbocycles. The van der Waals surface area contributed by atoms with Gasteiger partial charge in [0.05, 0.1) is 12.6 Å². The minimum Gasteiger partial charge on any atom is -0.394 e. The molecule has 116 valence electrons. The summed E-state index contributed by atoms with van der Waals surface area (Å²) in [5.41, 5.74) is 0.670. The largest absolute Gasteiger partial charge is 0.394 e. The highest BCUT2D eigenvalue weighted by atomic mass is 32.2. The van der Waals surface area contributed by atoms with Gasteiger partial charge in [-0.05, 0) is 43.0 Å². The third-order valence-corrected chi connectivity index (χ3v) is 4.94. The average molecular weight is 310 g/mol. The van der Waals surface area contributed by atoms with Crippen LogP contribution < -0.4 is 5.32 Å². The predicted molar refractivity (Wildman–Crippen MR) is 83.8 cm³/mol. The fourth-order valence-electron chi connectivity index (χ4n) is 2.70. The molecule has 1 heterocycles. The summed E-state index contributed by atoms with van der Waals surface area (Å²) in [6.45, 7) is 2.71. The zero-order chi connectivity index (χ0) is 15.4. The number of benzene rings is 1. The quantitative estimate of drug-likeness (QED) is 0.897. The van der Waals surface area contributed by atoms with Gasteiger partial charge >= 0.3 is 6.03 Å². The number of aliphatic hydroxyl groups excluding tert-OH is 1. The van der Waals surface area contributed by atoms with Crippen molar-refractivity contribution in [3.05, 3.63) is 24.3 Å². The number of carbonyl (C=O) groups excluding carboxylic acids is 1. The first-order valence-corrected chi connectivity index (χ1v) is 8.70. The van der Waals surface area contributed by atoms with Crippen LogP contribution in [0.2, 0.25) is 0 Å².